The van der Waals surface area contributed by atoms with Crippen molar-refractivity contribution in [2.75, 3.05) is 6.54 Å². The Morgan fingerprint density at radius 1 is 1.50 bits per heavy atom. The maximum atomic E-state index is 10.7. The average molecular weight is 138 g/mol. The number of amides is 1. The minimum absolute atomic E-state index is 0.197. The van der Waals surface area contributed by atoms with Crippen molar-refractivity contribution in [3.05, 3.63) is 0 Å². The lowest BCUT2D eigenvalue weighted by atomic mass is 10.4. The second-order valence-electron chi connectivity index (χ2n) is 1.84. The fourth-order valence-electron chi connectivity index (χ4n) is 0.527. The van der Waals surface area contributed by atoms with E-state index in [1.165, 1.54) is 6.92 Å². The normalized spacial score (nSPS) is 9.60. The minimum atomic E-state index is -0.764. The van der Waals surface area contributed by atoms with Crippen molar-refractivity contribution in [2.24, 2.45) is 0 Å². The largest absolute Gasteiger partial charge is 0.340 e. The first-order valence-electron chi connectivity index (χ1n) is 2.85. The number of nitrogens with zero attached hydrogens (tertiary/aromatic N) is 3. The maximum Gasteiger partial charge on any atom is 0.340 e. The topological polar surface area (TPSA) is 64.7 Å². The van der Waals surface area contributed by atoms with Crippen LogP contribution < -0.4 is 0 Å². The molecule has 10 heavy (non-hydrogen) atoms. The molecule has 0 heterocycles. The molecule has 0 saturated heterocycles. The molecule has 0 radical (unpaired) electrons. The van der Waals surface area contributed by atoms with Crippen molar-refractivity contribution in [3.63, 3.8) is 0 Å². The van der Waals surface area contributed by atoms with Gasteiger partial charge in [0.05, 0.1) is 6.92 Å². The third-order valence-electron chi connectivity index (χ3n) is 1.35. The van der Waals surface area contributed by atoms with E-state index in [-0.39, 0.29) is 6.54 Å². The highest BCUT2D eigenvalue weighted by atomic mass is 16.2. The van der Waals surface area contributed by atoms with Crippen molar-refractivity contribution in [1.82, 2.24) is 0 Å². The van der Waals surface area contributed by atoms with Crippen LogP contribution >= 0.6 is 0 Å². The molecule has 0 N–H and O–H groups in total. The molecule has 52 valence electrons. The molecule has 0 saturated carbocycles. The van der Waals surface area contributed by atoms with E-state index in [2.05, 4.69) is 0 Å². The lowest BCUT2D eigenvalue weighted by molar-refractivity contribution is -0.715. The summed E-state index contributed by atoms with van der Waals surface area (Å²) in [7, 11) is 0. The number of rotatable bonds is 1. The van der Waals surface area contributed by atoms with Crippen LogP contribution in [-0.2, 0) is 4.79 Å². The molecule has 0 aliphatic heterocycles. The second kappa shape index (κ2) is 2.95. The van der Waals surface area contributed by atoms with Crippen molar-refractivity contribution in [3.8, 4) is 12.4 Å². The molecule has 0 aliphatic rings. The summed E-state index contributed by atoms with van der Waals surface area (Å²) >= 11 is 0. The van der Waals surface area contributed by atoms with Crippen molar-refractivity contribution in [1.29, 1.82) is 10.5 Å². The van der Waals surface area contributed by atoms with Crippen LogP contribution in [0.2, 0.25) is 0 Å². The zero-order valence-corrected chi connectivity index (χ0v) is 5.96. The predicted molar refractivity (Wildman–Crippen MR) is 32.7 cm³/mol. The van der Waals surface area contributed by atoms with Gasteiger partial charge in [0.25, 0.3) is 0 Å². The zero-order chi connectivity index (χ0) is 8.20. The van der Waals surface area contributed by atoms with Crippen molar-refractivity contribution in [2.45, 2.75) is 13.8 Å². The molecular formula is C6H8N3O+. The fraction of sp³-hybridized carbons (Fsp3) is 0.500. The Hall–Kier alpha value is -1.39. The molecule has 0 rings (SSSR count). The van der Waals surface area contributed by atoms with Crippen molar-refractivity contribution >= 4 is 5.91 Å². The molecule has 0 unspecified atom stereocenters. The first kappa shape index (κ1) is 8.61. The molecule has 0 aromatic rings. The molecule has 4 heteroatoms. The monoisotopic (exact) mass is 138 g/mol. The Labute approximate surface area is 59.5 Å². The van der Waals surface area contributed by atoms with E-state index >= 15 is 0 Å². The van der Waals surface area contributed by atoms with E-state index in [4.69, 9.17) is 10.5 Å². The van der Waals surface area contributed by atoms with E-state index < -0.39 is 10.4 Å². The quantitative estimate of drug-likeness (QED) is 0.387. The highest BCUT2D eigenvalue weighted by Crippen LogP contribution is 2.01. The third kappa shape index (κ3) is 1.12. The van der Waals surface area contributed by atoms with Gasteiger partial charge in [0.1, 0.15) is 6.54 Å². The van der Waals surface area contributed by atoms with Crippen LogP contribution in [0.4, 0.5) is 0 Å². The first-order valence-corrected chi connectivity index (χ1v) is 2.85. The van der Waals surface area contributed by atoms with Gasteiger partial charge in [-0.2, -0.15) is 0 Å². The number of carbonyl (C=O) groups excluding carboxylic acids is 1. The van der Waals surface area contributed by atoms with E-state index in [1.54, 1.807) is 19.3 Å². The predicted octanol–water partition coefficient (Wildman–Crippen LogP) is 0.332. The lowest BCUT2D eigenvalue weighted by Gasteiger charge is -2.10. The Balaban J connectivity index is 4.75. The summed E-state index contributed by atoms with van der Waals surface area (Å²) in [5.41, 5.74) is 0. The Kier molecular flexibility index (Phi) is 2.54. The number of quaternary nitrogens is 1. The van der Waals surface area contributed by atoms with Gasteiger partial charge in [-0.15, -0.1) is 10.5 Å². The molecule has 0 bridgehead atoms. The molecule has 1 amide bonds. The van der Waals surface area contributed by atoms with Crippen LogP contribution in [0.1, 0.15) is 13.8 Å². The maximum absolute atomic E-state index is 10.7. The second-order valence-corrected chi connectivity index (χ2v) is 1.84. The van der Waals surface area contributed by atoms with E-state index in [1.807, 2.05) is 0 Å². The van der Waals surface area contributed by atoms with Gasteiger partial charge in [-0.05, 0) is 6.92 Å². The highest BCUT2D eigenvalue weighted by molar-refractivity contribution is 5.67. The molecule has 0 spiro atoms. The first-order chi connectivity index (χ1) is 4.63. The number of carbonyl (C=O) groups is 1. The number of hydrogen-bond acceptors (Lipinski definition) is 3. The van der Waals surface area contributed by atoms with Crippen LogP contribution in [0.15, 0.2) is 0 Å². The van der Waals surface area contributed by atoms with Gasteiger partial charge in [-0.3, -0.25) is 0 Å². The van der Waals surface area contributed by atoms with E-state index in [0.717, 1.165) is 0 Å². The number of nitriles is 2. The Morgan fingerprint density at radius 3 is 1.90 bits per heavy atom. The molecule has 4 nitrogen and oxygen atoms in total. The van der Waals surface area contributed by atoms with Crippen molar-refractivity contribution < 1.29 is 9.28 Å². The van der Waals surface area contributed by atoms with Gasteiger partial charge in [-0.25, -0.2) is 4.79 Å². The van der Waals surface area contributed by atoms with Gasteiger partial charge < -0.3 is 0 Å². The molecule has 0 fully saturated rings. The van der Waals surface area contributed by atoms with Gasteiger partial charge in [-0.1, -0.05) is 4.48 Å². The van der Waals surface area contributed by atoms with Gasteiger partial charge in [0.15, 0.2) is 0 Å². The SMILES string of the molecule is CC[N+](C#N)(C#N)C(C)=O. The molecule has 0 atom stereocenters. The summed E-state index contributed by atoms with van der Waals surface area (Å²) in [4.78, 5) is 10.7. The summed E-state index contributed by atoms with van der Waals surface area (Å²) < 4.78 is -0.764. The van der Waals surface area contributed by atoms with Crippen LogP contribution in [0.5, 0.6) is 0 Å². The highest BCUT2D eigenvalue weighted by Gasteiger charge is 2.32. The van der Waals surface area contributed by atoms with Crippen LogP contribution in [0, 0.1) is 22.9 Å². The molecular weight excluding hydrogens is 130 g/mol. The standard InChI is InChI=1S/C6H8N3O/c1-3-9(4-7,5-8)6(2)10/h3H2,1-2H3/q+1. The summed E-state index contributed by atoms with van der Waals surface area (Å²) in [6.45, 7) is 3.05. The van der Waals surface area contributed by atoms with Crippen LogP contribution in [0.3, 0.4) is 0 Å². The minimum Gasteiger partial charge on any atom is -0.229 e. The van der Waals surface area contributed by atoms with Gasteiger partial charge in [0.2, 0.25) is 0 Å². The van der Waals surface area contributed by atoms with Gasteiger partial charge in [0, 0.05) is 0 Å². The summed E-state index contributed by atoms with van der Waals surface area (Å²) in [5, 5.41) is 16.9. The average Bonchev–Trinajstić information content (AvgIpc) is 1.92. The third-order valence-corrected chi connectivity index (χ3v) is 1.35. The molecule has 0 aromatic heterocycles. The number of hydrogen-bond donors (Lipinski definition) is 0. The van der Waals surface area contributed by atoms with Gasteiger partial charge >= 0.3 is 18.3 Å². The Bertz CT molecular complexity index is 206. The smallest absolute Gasteiger partial charge is 0.229 e. The lowest BCUT2D eigenvalue weighted by Crippen LogP contribution is -2.42. The van der Waals surface area contributed by atoms with E-state index in [9.17, 15) is 4.79 Å². The molecule has 0 aromatic carbocycles. The fourth-order valence-corrected chi connectivity index (χ4v) is 0.527. The van der Waals surface area contributed by atoms with Crippen LogP contribution in [0.25, 0.3) is 0 Å². The zero-order valence-electron chi connectivity index (χ0n) is 5.96. The molecule has 0 aliphatic carbocycles. The Morgan fingerprint density at radius 2 is 1.90 bits per heavy atom. The summed E-state index contributed by atoms with van der Waals surface area (Å²) in [6.07, 6.45) is 3.28. The van der Waals surface area contributed by atoms with Crippen LogP contribution in [-0.4, -0.2) is 16.9 Å². The summed E-state index contributed by atoms with van der Waals surface area (Å²) in [6, 6.07) is 0. The van der Waals surface area contributed by atoms with E-state index in [0.29, 0.717) is 0 Å². The summed E-state index contributed by atoms with van der Waals surface area (Å²) in [5.74, 6) is -0.437.